The van der Waals surface area contributed by atoms with Gasteiger partial charge in [-0.05, 0) is 18.2 Å². The van der Waals surface area contributed by atoms with Crippen LogP contribution in [0.5, 0.6) is 0 Å². The summed E-state index contributed by atoms with van der Waals surface area (Å²) in [5.41, 5.74) is 0.737. The average Bonchev–Trinajstić information content (AvgIpc) is 2.68. The number of nitrogens with one attached hydrogen (secondary N) is 1. The summed E-state index contributed by atoms with van der Waals surface area (Å²) in [6.07, 6.45) is 1.68. The average molecular weight is 258 g/mol. The van der Waals surface area contributed by atoms with Crippen molar-refractivity contribution in [1.82, 2.24) is 10.3 Å². The van der Waals surface area contributed by atoms with Gasteiger partial charge in [0, 0.05) is 5.39 Å². The molecule has 0 radical (unpaired) electrons. The van der Waals surface area contributed by atoms with Crippen molar-refractivity contribution in [1.29, 1.82) is 0 Å². The third-order valence-corrected chi connectivity index (χ3v) is 3.51. The van der Waals surface area contributed by atoms with Crippen LogP contribution in [0.4, 0.5) is 0 Å². The van der Waals surface area contributed by atoms with Crippen LogP contribution in [-0.4, -0.2) is 21.6 Å². The lowest BCUT2D eigenvalue weighted by molar-refractivity contribution is -0.117. The van der Waals surface area contributed by atoms with E-state index in [1.807, 2.05) is 36.4 Å². The molecule has 0 bridgehead atoms. The van der Waals surface area contributed by atoms with Gasteiger partial charge in [0.15, 0.2) is 5.56 Å². The number of thioether (sulfide) groups is 1. The highest BCUT2D eigenvalue weighted by molar-refractivity contribution is 8.05. The van der Waals surface area contributed by atoms with E-state index in [0.29, 0.717) is 10.6 Å². The largest absolute Gasteiger partial charge is 0.364 e. The van der Waals surface area contributed by atoms with Crippen molar-refractivity contribution in [3.8, 4) is 0 Å². The van der Waals surface area contributed by atoms with Crippen molar-refractivity contribution in [2.75, 3.05) is 0 Å². The first-order valence-electron chi connectivity index (χ1n) is 5.45. The number of amides is 1. The van der Waals surface area contributed by atoms with Gasteiger partial charge >= 0.3 is 0 Å². The van der Waals surface area contributed by atoms with Gasteiger partial charge in [-0.2, -0.15) is 0 Å². The molecule has 1 aliphatic heterocycles. The molecule has 5 heteroatoms. The van der Waals surface area contributed by atoms with E-state index in [2.05, 4.69) is 10.3 Å². The lowest BCUT2D eigenvalue weighted by Crippen LogP contribution is -2.23. The topological polar surface area (TPSA) is 62.2 Å². The number of nitrogens with zero attached hydrogens (tertiary/aromatic N) is 1. The number of rotatable bonds is 1. The minimum atomic E-state index is -0.857. The number of hydrogen-bond donors (Lipinski definition) is 2. The number of carbonyl (C=O) groups excluding carboxylic acids is 1. The molecule has 1 aromatic heterocycles. The Hall–Kier alpha value is -1.85. The fourth-order valence-corrected chi connectivity index (χ4v) is 2.54. The molecule has 1 fully saturated rings. The molecule has 1 unspecified atom stereocenters. The summed E-state index contributed by atoms with van der Waals surface area (Å²) in [6.45, 7) is 0. The zero-order valence-electron chi connectivity index (χ0n) is 9.33. The van der Waals surface area contributed by atoms with Crippen molar-refractivity contribution >= 4 is 34.6 Å². The fraction of sp³-hybridized carbons (Fsp3) is 0.0769. The van der Waals surface area contributed by atoms with Crippen molar-refractivity contribution in [3.63, 3.8) is 0 Å². The molecule has 0 aliphatic carbocycles. The highest BCUT2D eigenvalue weighted by Gasteiger charge is 2.25. The maximum atomic E-state index is 11.5. The first-order valence-corrected chi connectivity index (χ1v) is 6.33. The van der Waals surface area contributed by atoms with Crippen LogP contribution in [0, 0.1) is 0 Å². The number of hydrogen-bond acceptors (Lipinski definition) is 4. The zero-order chi connectivity index (χ0) is 12.5. The number of pyridine rings is 1. The molecule has 0 spiro atoms. The summed E-state index contributed by atoms with van der Waals surface area (Å²) in [5.74, 6) is -0.262. The SMILES string of the molecule is O=C1NC(O)S/C1=C\c1ccc2ccccc2n1. The van der Waals surface area contributed by atoms with E-state index in [9.17, 15) is 9.90 Å². The van der Waals surface area contributed by atoms with Crippen LogP contribution in [0.25, 0.3) is 17.0 Å². The third kappa shape index (κ3) is 2.10. The van der Waals surface area contributed by atoms with Gasteiger partial charge < -0.3 is 10.4 Å². The molecule has 1 atom stereocenters. The van der Waals surface area contributed by atoms with Gasteiger partial charge in [-0.3, -0.25) is 4.79 Å². The summed E-state index contributed by atoms with van der Waals surface area (Å²) < 4.78 is 0. The Morgan fingerprint density at radius 3 is 2.89 bits per heavy atom. The highest BCUT2D eigenvalue weighted by atomic mass is 32.2. The summed E-state index contributed by atoms with van der Waals surface area (Å²) in [7, 11) is 0. The quantitative estimate of drug-likeness (QED) is 0.764. The molecular weight excluding hydrogens is 248 g/mol. The number of aromatic nitrogens is 1. The smallest absolute Gasteiger partial charge is 0.260 e. The van der Waals surface area contributed by atoms with Crippen molar-refractivity contribution < 1.29 is 9.90 Å². The van der Waals surface area contributed by atoms with Crippen molar-refractivity contribution in [2.45, 2.75) is 5.56 Å². The molecule has 2 aromatic rings. The van der Waals surface area contributed by atoms with Crippen LogP contribution in [0.2, 0.25) is 0 Å². The van der Waals surface area contributed by atoms with Crippen LogP contribution in [0.3, 0.4) is 0 Å². The Bertz CT molecular complexity index is 654. The molecule has 1 amide bonds. The van der Waals surface area contributed by atoms with Crippen LogP contribution >= 0.6 is 11.8 Å². The Labute approximate surface area is 108 Å². The van der Waals surface area contributed by atoms with E-state index < -0.39 is 5.56 Å². The molecule has 0 saturated carbocycles. The number of aliphatic hydroxyl groups excluding tert-OH is 1. The zero-order valence-corrected chi connectivity index (χ0v) is 10.1. The van der Waals surface area contributed by atoms with Gasteiger partial charge in [0.05, 0.1) is 16.1 Å². The number of aliphatic hydroxyl groups is 1. The molecule has 1 aliphatic rings. The van der Waals surface area contributed by atoms with Gasteiger partial charge in [0.2, 0.25) is 0 Å². The lowest BCUT2D eigenvalue weighted by Gasteiger charge is -1.99. The van der Waals surface area contributed by atoms with Crippen LogP contribution in [-0.2, 0) is 4.79 Å². The molecular formula is C13H10N2O2S. The van der Waals surface area contributed by atoms with E-state index >= 15 is 0 Å². The Morgan fingerprint density at radius 1 is 1.28 bits per heavy atom. The molecule has 2 heterocycles. The molecule has 18 heavy (non-hydrogen) atoms. The lowest BCUT2D eigenvalue weighted by atomic mass is 10.2. The van der Waals surface area contributed by atoms with Gasteiger partial charge in [0.1, 0.15) is 0 Å². The van der Waals surface area contributed by atoms with E-state index in [1.165, 1.54) is 0 Å². The van der Waals surface area contributed by atoms with Crippen LogP contribution in [0.15, 0.2) is 41.3 Å². The minimum absolute atomic E-state index is 0.262. The van der Waals surface area contributed by atoms with Crippen LogP contribution < -0.4 is 5.32 Å². The van der Waals surface area contributed by atoms with E-state index in [0.717, 1.165) is 22.7 Å². The minimum Gasteiger partial charge on any atom is -0.364 e. The molecule has 2 N–H and O–H groups in total. The standard InChI is InChI=1S/C13H10N2O2S/c16-12-11(18-13(17)15-12)7-9-6-5-8-3-1-2-4-10(8)14-9/h1-7,13,17H,(H,15,16)/b11-7-. The number of carbonyl (C=O) groups is 1. The summed E-state index contributed by atoms with van der Waals surface area (Å²) >= 11 is 1.09. The Kier molecular flexibility index (Phi) is 2.77. The van der Waals surface area contributed by atoms with Crippen molar-refractivity contribution in [3.05, 3.63) is 47.0 Å². The first kappa shape index (κ1) is 11.3. The highest BCUT2D eigenvalue weighted by Crippen LogP contribution is 2.27. The number of fused-ring (bicyclic) bond motifs is 1. The normalized spacial score (nSPS) is 21.5. The van der Waals surface area contributed by atoms with Crippen LogP contribution in [0.1, 0.15) is 5.69 Å². The maximum absolute atomic E-state index is 11.5. The fourth-order valence-electron chi connectivity index (χ4n) is 1.78. The predicted molar refractivity (Wildman–Crippen MR) is 71.5 cm³/mol. The van der Waals surface area contributed by atoms with E-state index in [4.69, 9.17) is 0 Å². The Balaban J connectivity index is 2.00. The molecule has 3 rings (SSSR count). The van der Waals surface area contributed by atoms with E-state index in [-0.39, 0.29) is 5.91 Å². The summed E-state index contributed by atoms with van der Waals surface area (Å²) in [5, 5.41) is 12.8. The second-order valence-electron chi connectivity index (χ2n) is 3.88. The van der Waals surface area contributed by atoms with E-state index in [1.54, 1.807) is 6.08 Å². The number of para-hydroxylation sites is 1. The second-order valence-corrected chi connectivity index (χ2v) is 5.00. The third-order valence-electron chi connectivity index (χ3n) is 2.62. The molecule has 1 aromatic carbocycles. The van der Waals surface area contributed by atoms with Gasteiger partial charge in [0.25, 0.3) is 5.91 Å². The van der Waals surface area contributed by atoms with Crippen molar-refractivity contribution in [2.24, 2.45) is 0 Å². The maximum Gasteiger partial charge on any atom is 0.260 e. The van der Waals surface area contributed by atoms with Gasteiger partial charge in [-0.15, -0.1) is 0 Å². The van der Waals surface area contributed by atoms with Gasteiger partial charge in [-0.1, -0.05) is 36.0 Å². The second kappa shape index (κ2) is 4.44. The molecule has 1 saturated heterocycles. The summed E-state index contributed by atoms with van der Waals surface area (Å²) in [6, 6.07) is 11.6. The molecule has 90 valence electrons. The molecule has 4 nitrogen and oxygen atoms in total. The first-order chi connectivity index (χ1) is 8.72. The number of benzene rings is 1. The monoisotopic (exact) mass is 258 g/mol. The predicted octanol–water partition coefficient (Wildman–Crippen LogP) is 1.71. The summed E-state index contributed by atoms with van der Waals surface area (Å²) in [4.78, 5) is 16.4. The Morgan fingerprint density at radius 2 is 2.11 bits per heavy atom. The van der Waals surface area contributed by atoms with Gasteiger partial charge in [-0.25, -0.2) is 4.98 Å².